The lowest BCUT2D eigenvalue weighted by Crippen LogP contribution is -2.57. The first-order valence-electron chi connectivity index (χ1n) is 8.86. The number of rotatable bonds is 1. The fourth-order valence-electron chi connectivity index (χ4n) is 5.68. The number of nitrogens with zero attached hydrogens (tertiary/aromatic N) is 2. The van der Waals surface area contributed by atoms with Crippen molar-refractivity contribution in [2.24, 2.45) is 11.8 Å². The maximum absolute atomic E-state index is 13.4. The fraction of sp³-hybridized carbons (Fsp3) is 0.579. The summed E-state index contributed by atoms with van der Waals surface area (Å²) >= 11 is 6.33. The summed E-state index contributed by atoms with van der Waals surface area (Å²) in [6.07, 6.45) is -0.0114. The molecule has 5 rings (SSSR count). The molecule has 4 heterocycles. The highest BCUT2D eigenvalue weighted by atomic mass is 35.5. The summed E-state index contributed by atoms with van der Waals surface area (Å²) in [4.78, 5) is 15.1. The molecule has 1 aromatic carbocycles. The van der Waals surface area contributed by atoms with Crippen LogP contribution < -0.4 is 4.90 Å². The number of hydrogen-bond donors (Lipinski definition) is 1. The maximum Gasteiger partial charge on any atom is 0.235 e. The first-order chi connectivity index (χ1) is 12.3. The maximum atomic E-state index is 13.4. The van der Waals surface area contributed by atoms with Crippen molar-refractivity contribution in [2.75, 3.05) is 11.5 Å². The molecule has 1 N–H and O–H groups in total. The first-order valence-corrected chi connectivity index (χ1v) is 9.24. The average molecular weight is 375 g/mol. The second-order valence-corrected chi connectivity index (χ2v) is 8.37. The van der Waals surface area contributed by atoms with Gasteiger partial charge in [-0.15, -0.1) is 0 Å². The molecule has 4 fully saturated rings. The lowest BCUT2D eigenvalue weighted by atomic mass is 9.65. The highest BCUT2D eigenvalue weighted by Crippen LogP contribution is 2.65. The van der Waals surface area contributed by atoms with Gasteiger partial charge in [0.15, 0.2) is 0 Å². The highest BCUT2D eigenvalue weighted by molar-refractivity contribution is 6.33. The Kier molecular flexibility index (Phi) is 3.17. The van der Waals surface area contributed by atoms with Crippen LogP contribution in [0, 0.1) is 30.1 Å². The summed E-state index contributed by atoms with van der Waals surface area (Å²) in [6.45, 7) is 4.15. The van der Waals surface area contributed by atoms with Crippen LogP contribution in [-0.4, -0.2) is 41.2 Å². The van der Waals surface area contributed by atoms with Crippen LogP contribution in [-0.2, 0) is 14.3 Å². The zero-order valence-corrected chi connectivity index (χ0v) is 15.3. The smallest absolute Gasteiger partial charge is 0.235 e. The summed E-state index contributed by atoms with van der Waals surface area (Å²) in [6, 6.07) is 5.45. The van der Waals surface area contributed by atoms with Gasteiger partial charge in [-0.05, 0) is 31.5 Å². The molecule has 6 atom stereocenters. The third-order valence-corrected chi connectivity index (χ3v) is 7.24. The number of hydrogen-bond acceptors (Lipinski definition) is 5. The number of aliphatic hydroxyl groups excluding tert-OH is 1. The molecule has 2 bridgehead atoms. The minimum atomic E-state index is -0.711. The molecule has 0 aliphatic carbocycles. The van der Waals surface area contributed by atoms with E-state index >= 15 is 0 Å². The minimum Gasteiger partial charge on any atom is -0.390 e. The average Bonchev–Trinajstić information content (AvgIpc) is 3.15. The minimum absolute atomic E-state index is 0.0537. The second kappa shape index (κ2) is 4.99. The predicted molar refractivity (Wildman–Crippen MR) is 92.6 cm³/mol. The van der Waals surface area contributed by atoms with E-state index in [9.17, 15) is 15.2 Å². The van der Waals surface area contributed by atoms with E-state index in [1.165, 1.54) is 0 Å². The van der Waals surface area contributed by atoms with Crippen molar-refractivity contribution in [3.8, 4) is 6.07 Å². The van der Waals surface area contributed by atoms with E-state index in [1.54, 1.807) is 24.0 Å². The number of amides is 1. The molecule has 1 aromatic rings. The molecule has 4 saturated heterocycles. The van der Waals surface area contributed by atoms with Gasteiger partial charge in [-0.25, -0.2) is 0 Å². The lowest BCUT2D eigenvalue weighted by Gasteiger charge is -2.44. The number of benzene rings is 1. The monoisotopic (exact) mass is 374 g/mol. The number of anilines is 1. The Balaban J connectivity index is 1.65. The standard InChI is InChI=1S/C19H19ClN2O4/c1-9-11(4-3-10(8-21)15(9)20)22-16(24)13-14-17(22)25-6-5-19(14)12(23)7-18(13,2)26-19/h3-4,12-14,17,23H,5-7H2,1-2H3/t12-,13-,14+,17+,18-,19+/m1/s1. The summed E-state index contributed by atoms with van der Waals surface area (Å²) in [5.74, 6) is -0.599. The molecular weight excluding hydrogens is 356 g/mol. The van der Waals surface area contributed by atoms with Crippen molar-refractivity contribution in [1.29, 1.82) is 5.26 Å². The molecule has 4 aliphatic heterocycles. The van der Waals surface area contributed by atoms with E-state index < -0.39 is 23.5 Å². The van der Waals surface area contributed by atoms with Gasteiger partial charge in [0.1, 0.15) is 17.9 Å². The number of ether oxygens (including phenoxy) is 2. The number of nitriles is 1. The van der Waals surface area contributed by atoms with Gasteiger partial charge in [0.2, 0.25) is 5.91 Å². The van der Waals surface area contributed by atoms with Gasteiger partial charge < -0.3 is 14.6 Å². The molecule has 0 aromatic heterocycles. The van der Waals surface area contributed by atoms with E-state index in [0.717, 1.165) is 0 Å². The van der Waals surface area contributed by atoms with Gasteiger partial charge in [-0.2, -0.15) is 5.26 Å². The predicted octanol–water partition coefficient (Wildman–Crippen LogP) is 2.14. The Morgan fingerprint density at radius 3 is 2.96 bits per heavy atom. The lowest BCUT2D eigenvalue weighted by molar-refractivity contribution is -0.163. The Morgan fingerprint density at radius 1 is 1.46 bits per heavy atom. The van der Waals surface area contributed by atoms with Crippen LogP contribution in [0.1, 0.15) is 30.9 Å². The van der Waals surface area contributed by atoms with Crippen molar-refractivity contribution < 1.29 is 19.4 Å². The number of carbonyl (C=O) groups is 1. The van der Waals surface area contributed by atoms with Crippen LogP contribution in [0.15, 0.2) is 12.1 Å². The number of fused-ring (bicyclic) bond motifs is 2. The van der Waals surface area contributed by atoms with Crippen LogP contribution in [0.4, 0.5) is 5.69 Å². The quantitative estimate of drug-likeness (QED) is 0.814. The van der Waals surface area contributed by atoms with Gasteiger partial charge in [0.25, 0.3) is 0 Å². The fourth-order valence-corrected chi connectivity index (χ4v) is 5.88. The molecule has 1 amide bonds. The van der Waals surface area contributed by atoms with Crippen LogP contribution in [0.2, 0.25) is 5.02 Å². The van der Waals surface area contributed by atoms with Gasteiger partial charge in [0.05, 0.1) is 46.4 Å². The van der Waals surface area contributed by atoms with Crippen molar-refractivity contribution in [3.05, 3.63) is 28.3 Å². The zero-order chi connectivity index (χ0) is 18.4. The highest BCUT2D eigenvalue weighted by Gasteiger charge is 2.78. The number of halogens is 1. The second-order valence-electron chi connectivity index (χ2n) is 8.00. The molecule has 136 valence electrons. The van der Waals surface area contributed by atoms with Crippen molar-refractivity contribution >= 4 is 23.2 Å². The molecule has 0 radical (unpaired) electrons. The van der Waals surface area contributed by atoms with Crippen molar-refractivity contribution in [1.82, 2.24) is 0 Å². The summed E-state index contributed by atoms with van der Waals surface area (Å²) in [5, 5.41) is 20.2. The largest absolute Gasteiger partial charge is 0.390 e. The first kappa shape index (κ1) is 16.5. The van der Waals surface area contributed by atoms with Crippen LogP contribution in [0.25, 0.3) is 0 Å². The normalized spacial score (nSPS) is 42.9. The molecule has 0 unspecified atom stereocenters. The topological polar surface area (TPSA) is 82.8 Å². The van der Waals surface area contributed by atoms with Crippen LogP contribution in [0.5, 0.6) is 0 Å². The third kappa shape index (κ3) is 1.70. The van der Waals surface area contributed by atoms with Gasteiger partial charge >= 0.3 is 0 Å². The van der Waals surface area contributed by atoms with E-state index in [2.05, 4.69) is 6.07 Å². The van der Waals surface area contributed by atoms with Gasteiger partial charge in [-0.1, -0.05) is 11.6 Å². The van der Waals surface area contributed by atoms with Crippen LogP contribution >= 0.6 is 11.6 Å². The SMILES string of the molecule is Cc1c(N2C(=O)[C@H]3[C@H]4[C@@H]2OCC[C@@]42O[C@]3(C)C[C@H]2O)ccc(C#N)c1Cl. The molecule has 6 nitrogen and oxygen atoms in total. The van der Waals surface area contributed by atoms with Crippen molar-refractivity contribution in [2.45, 2.75) is 50.2 Å². The number of carbonyl (C=O) groups excluding carboxylic acids is 1. The van der Waals surface area contributed by atoms with E-state index in [1.807, 2.05) is 6.92 Å². The van der Waals surface area contributed by atoms with Crippen LogP contribution in [0.3, 0.4) is 0 Å². The van der Waals surface area contributed by atoms with Gasteiger partial charge in [-0.3, -0.25) is 9.69 Å². The molecule has 26 heavy (non-hydrogen) atoms. The summed E-state index contributed by atoms with van der Waals surface area (Å²) in [7, 11) is 0. The Labute approximate surface area is 156 Å². The van der Waals surface area contributed by atoms with E-state index in [0.29, 0.717) is 41.3 Å². The van der Waals surface area contributed by atoms with Gasteiger partial charge in [0, 0.05) is 12.8 Å². The zero-order valence-electron chi connectivity index (χ0n) is 14.5. The summed E-state index contributed by atoms with van der Waals surface area (Å²) < 4.78 is 12.3. The summed E-state index contributed by atoms with van der Waals surface area (Å²) in [5.41, 5.74) is 0.337. The van der Waals surface area contributed by atoms with Crippen molar-refractivity contribution in [3.63, 3.8) is 0 Å². The molecule has 4 aliphatic rings. The number of aliphatic hydroxyl groups is 1. The molecule has 0 saturated carbocycles. The van der Waals surface area contributed by atoms with E-state index in [-0.39, 0.29) is 17.7 Å². The molecule has 7 heteroatoms. The Bertz CT molecular complexity index is 883. The Hall–Kier alpha value is -1.65. The third-order valence-electron chi connectivity index (χ3n) is 6.75. The molecule has 1 spiro atoms. The Morgan fingerprint density at radius 2 is 2.23 bits per heavy atom. The molecular formula is C19H19ClN2O4. The van der Waals surface area contributed by atoms with E-state index in [4.69, 9.17) is 21.1 Å².